The maximum Gasteiger partial charge on any atom is 0.251 e. The summed E-state index contributed by atoms with van der Waals surface area (Å²) >= 11 is 0. The second-order valence-corrected chi connectivity index (χ2v) is 4.34. The largest absolute Gasteiger partial charge is 0.381 e. The molecule has 0 saturated carbocycles. The average Bonchev–Trinajstić information content (AvgIpc) is 2.89. The molecule has 1 fully saturated rings. The summed E-state index contributed by atoms with van der Waals surface area (Å²) in [6.45, 7) is 2.76. The summed E-state index contributed by atoms with van der Waals surface area (Å²) in [4.78, 5) is 11.8. The first-order chi connectivity index (χ1) is 8.29. The van der Waals surface area contributed by atoms with Gasteiger partial charge < -0.3 is 15.8 Å². The molecule has 0 spiro atoms. The van der Waals surface area contributed by atoms with Crippen LogP contribution >= 0.6 is 12.4 Å². The van der Waals surface area contributed by atoms with Crippen molar-refractivity contribution < 1.29 is 9.53 Å². The standard InChI is InChI=1S/C13H18N2O2.ClH/c14-7-10-1-3-12(4-2-10)13(16)15-8-11-5-6-17-9-11;/h1-4,11H,5-9,14H2,(H,15,16);1H. The lowest BCUT2D eigenvalue weighted by Gasteiger charge is -2.09. The second kappa shape index (κ2) is 7.36. The molecule has 2 rings (SSSR count). The number of hydrogen-bond donors (Lipinski definition) is 2. The van der Waals surface area contributed by atoms with Crippen LogP contribution in [0.3, 0.4) is 0 Å². The maximum atomic E-state index is 11.8. The molecule has 1 atom stereocenters. The van der Waals surface area contributed by atoms with Gasteiger partial charge in [0.1, 0.15) is 0 Å². The van der Waals surface area contributed by atoms with Crippen molar-refractivity contribution in [3.05, 3.63) is 35.4 Å². The van der Waals surface area contributed by atoms with Gasteiger partial charge >= 0.3 is 0 Å². The zero-order valence-corrected chi connectivity index (χ0v) is 11.0. The molecule has 100 valence electrons. The molecule has 1 aliphatic rings. The van der Waals surface area contributed by atoms with E-state index in [0.29, 0.717) is 24.6 Å². The Kier molecular flexibility index (Phi) is 6.12. The van der Waals surface area contributed by atoms with Gasteiger partial charge in [0.05, 0.1) is 6.61 Å². The van der Waals surface area contributed by atoms with Gasteiger partial charge in [-0.3, -0.25) is 4.79 Å². The Hall–Kier alpha value is -1.10. The highest BCUT2D eigenvalue weighted by atomic mass is 35.5. The van der Waals surface area contributed by atoms with E-state index in [-0.39, 0.29) is 18.3 Å². The highest BCUT2D eigenvalue weighted by molar-refractivity contribution is 5.94. The quantitative estimate of drug-likeness (QED) is 0.868. The molecular formula is C13H19ClN2O2. The molecule has 0 bridgehead atoms. The Morgan fingerprint density at radius 1 is 1.39 bits per heavy atom. The van der Waals surface area contributed by atoms with Crippen molar-refractivity contribution in [1.29, 1.82) is 0 Å². The SMILES string of the molecule is Cl.NCc1ccc(C(=O)NCC2CCOC2)cc1. The van der Waals surface area contributed by atoms with E-state index >= 15 is 0 Å². The van der Waals surface area contributed by atoms with Crippen molar-refractivity contribution in [2.24, 2.45) is 11.7 Å². The molecule has 1 aromatic carbocycles. The fourth-order valence-corrected chi connectivity index (χ4v) is 1.88. The van der Waals surface area contributed by atoms with Crippen LogP contribution in [0.4, 0.5) is 0 Å². The van der Waals surface area contributed by atoms with Crippen molar-refractivity contribution in [3.63, 3.8) is 0 Å². The molecule has 1 unspecified atom stereocenters. The van der Waals surface area contributed by atoms with Gasteiger partial charge in [0, 0.05) is 31.2 Å². The normalized spacial score (nSPS) is 18.2. The molecular weight excluding hydrogens is 252 g/mol. The molecule has 1 heterocycles. The second-order valence-electron chi connectivity index (χ2n) is 4.34. The van der Waals surface area contributed by atoms with Crippen molar-refractivity contribution in [1.82, 2.24) is 5.32 Å². The fraction of sp³-hybridized carbons (Fsp3) is 0.462. The monoisotopic (exact) mass is 270 g/mol. The first-order valence-electron chi connectivity index (χ1n) is 5.94. The Morgan fingerprint density at radius 3 is 2.67 bits per heavy atom. The lowest BCUT2D eigenvalue weighted by atomic mass is 10.1. The lowest BCUT2D eigenvalue weighted by molar-refractivity contribution is 0.0945. The summed E-state index contributed by atoms with van der Waals surface area (Å²) in [6.07, 6.45) is 1.03. The molecule has 4 nitrogen and oxygen atoms in total. The van der Waals surface area contributed by atoms with Crippen LogP contribution < -0.4 is 11.1 Å². The minimum Gasteiger partial charge on any atom is -0.381 e. The fourth-order valence-electron chi connectivity index (χ4n) is 1.88. The lowest BCUT2D eigenvalue weighted by Crippen LogP contribution is -2.29. The van der Waals surface area contributed by atoms with Crippen molar-refractivity contribution >= 4 is 18.3 Å². The van der Waals surface area contributed by atoms with Crippen LogP contribution in [0.15, 0.2) is 24.3 Å². The third-order valence-corrected chi connectivity index (χ3v) is 3.03. The number of carbonyl (C=O) groups is 1. The van der Waals surface area contributed by atoms with Crippen molar-refractivity contribution in [3.8, 4) is 0 Å². The smallest absolute Gasteiger partial charge is 0.251 e. The number of rotatable bonds is 4. The van der Waals surface area contributed by atoms with Gasteiger partial charge in [0.25, 0.3) is 5.91 Å². The van der Waals surface area contributed by atoms with Gasteiger partial charge in [-0.05, 0) is 24.1 Å². The van der Waals surface area contributed by atoms with E-state index < -0.39 is 0 Å². The predicted octanol–water partition coefficient (Wildman–Crippen LogP) is 1.33. The van der Waals surface area contributed by atoms with Crippen molar-refractivity contribution in [2.75, 3.05) is 19.8 Å². The van der Waals surface area contributed by atoms with Crippen LogP contribution in [-0.4, -0.2) is 25.7 Å². The number of halogens is 1. The molecule has 3 N–H and O–H groups in total. The Morgan fingerprint density at radius 2 is 2.11 bits per heavy atom. The topological polar surface area (TPSA) is 64.4 Å². The van der Waals surface area contributed by atoms with Crippen LogP contribution in [0, 0.1) is 5.92 Å². The van der Waals surface area contributed by atoms with Crippen LogP contribution in [0.25, 0.3) is 0 Å². The van der Waals surface area contributed by atoms with Crippen molar-refractivity contribution in [2.45, 2.75) is 13.0 Å². The molecule has 1 aromatic rings. The Labute approximate surface area is 113 Å². The van der Waals surface area contributed by atoms with Gasteiger partial charge in [-0.15, -0.1) is 12.4 Å². The molecule has 0 aromatic heterocycles. The Bertz CT molecular complexity index is 375. The Balaban J connectivity index is 0.00000162. The maximum absolute atomic E-state index is 11.8. The predicted molar refractivity (Wildman–Crippen MR) is 72.8 cm³/mol. The van der Waals surface area contributed by atoms with Crippen LogP contribution in [0.1, 0.15) is 22.3 Å². The van der Waals surface area contributed by atoms with E-state index in [1.807, 2.05) is 24.3 Å². The van der Waals surface area contributed by atoms with E-state index in [2.05, 4.69) is 5.32 Å². The van der Waals surface area contributed by atoms with E-state index in [1.54, 1.807) is 0 Å². The third kappa shape index (κ3) is 3.98. The highest BCUT2D eigenvalue weighted by Gasteiger charge is 2.16. The van der Waals surface area contributed by atoms with Crippen LogP contribution in [0.2, 0.25) is 0 Å². The molecule has 5 heteroatoms. The van der Waals surface area contributed by atoms with Crippen LogP contribution in [-0.2, 0) is 11.3 Å². The number of hydrogen-bond acceptors (Lipinski definition) is 3. The van der Waals surface area contributed by atoms with E-state index in [4.69, 9.17) is 10.5 Å². The van der Waals surface area contributed by atoms with Gasteiger partial charge in [0.2, 0.25) is 0 Å². The zero-order chi connectivity index (χ0) is 12.1. The summed E-state index contributed by atoms with van der Waals surface area (Å²) in [5, 5.41) is 2.93. The van der Waals surface area contributed by atoms with E-state index in [9.17, 15) is 4.79 Å². The third-order valence-electron chi connectivity index (χ3n) is 3.03. The highest BCUT2D eigenvalue weighted by Crippen LogP contribution is 2.11. The van der Waals surface area contributed by atoms with Crippen LogP contribution in [0.5, 0.6) is 0 Å². The summed E-state index contributed by atoms with van der Waals surface area (Å²) in [5.41, 5.74) is 7.22. The summed E-state index contributed by atoms with van der Waals surface area (Å²) < 4.78 is 5.26. The first-order valence-corrected chi connectivity index (χ1v) is 5.94. The molecule has 0 aliphatic carbocycles. The summed E-state index contributed by atoms with van der Waals surface area (Å²) in [5.74, 6) is 0.433. The minimum atomic E-state index is -0.0273. The zero-order valence-electron chi connectivity index (χ0n) is 10.2. The van der Waals surface area contributed by atoms with Gasteiger partial charge in [-0.2, -0.15) is 0 Å². The summed E-state index contributed by atoms with van der Waals surface area (Å²) in [6, 6.07) is 7.38. The first kappa shape index (κ1) is 15.0. The number of amides is 1. The number of nitrogens with two attached hydrogens (primary N) is 1. The number of nitrogens with one attached hydrogen (secondary N) is 1. The van der Waals surface area contributed by atoms with E-state index in [1.165, 1.54) is 0 Å². The van der Waals surface area contributed by atoms with Gasteiger partial charge in [-0.25, -0.2) is 0 Å². The minimum absolute atomic E-state index is 0. The molecule has 1 amide bonds. The number of carbonyl (C=O) groups excluding carboxylic acids is 1. The van der Waals surface area contributed by atoms with E-state index in [0.717, 1.165) is 25.2 Å². The molecule has 1 aliphatic heterocycles. The van der Waals surface area contributed by atoms with Gasteiger partial charge in [0.15, 0.2) is 0 Å². The molecule has 1 saturated heterocycles. The summed E-state index contributed by atoms with van der Waals surface area (Å²) in [7, 11) is 0. The number of benzene rings is 1. The van der Waals surface area contributed by atoms with Gasteiger partial charge in [-0.1, -0.05) is 12.1 Å². The number of ether oxygens (including phenoxy) is 1. The average molecular weight is 271 g/mol. The molecule has 0 radical (unpaired) electrons. The molecule has 18 heavy (non-hydrogen) atoms.